The van der Waals surface area contributed by atoms with Gasteiger partial charge in [-0.2, -0.15) is 5.10 Å². The normalized spacial score (nSPS) is 18.1. The third-order valence-corrected chi connectivity index (χ3v) is 4.74. The molecule has 0 aromatic carbocycles. The molecule has 0 bridgehead atoms. The molecule has 0 saturated carbocycles. The lowest BCUT2D eigenvalue weighted by atomic mass is 9.78. The Morgan fingerprint density at radius 3 is 2.75 bits per heavy atom. The van der Waals surface area contributed by atoms with E-state index in [-0.39, 0.29) is 0 Å². The molecule has 6 nitrogen and oxygen atoms in total. The predicted octanol–water partition coefficient (Wildman–Crippen LogP) is 1.30. The summed E-state index contributed by atoms with van der Waals surface area (Å²) in [7, 11) is 1.89. The largest absolute Gasteiger partial charge is 0.380 e. The Morgan fingerprint density at radius 2 is 2.04 bits per heavy atom. The Kier molecular flexibility index (Phi) is 2.76. The molecule has 5 heterocycles. The van der Waals surface area contributed by atoms with E-state index in [9.17, 15) is 0 Å². The molecule has 120 valence electrons. The number of hydrogen-bond acceptors (Lipinski definition) is 4. The van der Waals surface area contributed by atoms with E-state index in [1.807, 2.05) is 25.5 Å². The molecule has 1 spiro atoms. The second-order valence-electron chi connectivity index (χ2n) is 6.72. The third kappa shape index (κ3) is 2.02. The maximum absolute atomic E-state index is 5.37. The van der Waals surface area contributed by atoms with Gasteiger partial charge in [-0.15, -0.1) is 0 Å². The zero-order valence-electron chi connectivity index (χ0n) is 13.4. The summed E-state index contributed by atoms with van der Waals surface area (Å²) in [5.74, 6) is 7.55. The van der Waals surface area contributed by atoms with Crippen molar-refractivity contribution in [3.05, 3.63) is 48.0 Å². The Bertz CT molecular complexity index is 978. The van der Waals surface area contributed by atoms with Crippen LogP contribution in [0.15, 0.2) is 36.8 Å². The first-order valence-electron chi connectivity index (χ1n) is 8.02. The van der Waals surface area contributed by atoms with Crippen LogP contribution in [0.2, 0.25) is 0 Å². The van der Waals surface area contributed by atoms with Gasteiger partial charge >= 0.3 is 0 Å². The van der Waals surface area contributed by atoms with Crippen LogP contribution in [-0.4, -0.2) is 45.5 Å². The standard InChI is InChI=1S/C18H17N5O/c1-21-9-14(7-20-21)5-6-15-8-19-16-3-2-4-17(23(15)16)22-10-18(11-22)12-24-13-18/h2-4,7-9H,10-13H2,1H3. The predicted molar refractivity (Wildman–Crippen MR) is 89.8 cm³/mol. The minimum Gasteiger partial charge on any atom is -0.380 e. The lowest BCUT2D eigenvalue weighted by Gasteiger charge is -2.55. The second-order valence-corrected chi connectivity index (χ2v) is 6.72. The first-order valence-corrected chi connectivity index (χ1v) is 8.02. The summed E-state index contributed by atoms with van der Waals surface area (Å²) in [5, 5.41) is 4.15. The number of imidazole rings is 1. The van der Waals surface area contributed by atoms with Gasteiger partial charge in [-0.05, 0) is 18.1 Å². The van der Waals surface area contributed by atoms with Crippen LogP contribution in [0.3, 0.4) is 0 Å². The average Bonchev–Trinajstić information content (AvgIpc) is 3.09. The summed E-state index contributed by atoms with van der Waals surface area (Å²) in [5.41, 5.74) is 3.10. The SMILES string of the molecule is Cn1cc(C#Cc2cnc3cccc(N4CC5(COC5)C4)n23)cn1. The van der Waals surface area contributed by atoms with Crippen molar-refractivity contribution in [2.75, 3.05) is 31.2 Å². The van der Waals surface area contributed by atoms with Crippen LogP contribution in [0.1, 0.15) is 11.3 Å². The highest BCUT2D eigenvalue weighted by atomic mass is 16.5. The number of aryl methyl sites for hydroxylation is 1. The molecule has 24 heavy (non-hydrogen) atoms. The van der Waals surface area contributed by atoms with E-state index in [1.54, 1.807) is 10.9 Å². The Morgan fingerprint density at radius 1 is 1.17 bits per heavy atom. The molecule has 2 fully saturated rings. The maximum atomic E-state index is 5.37. The Labute approximate surface area is 139 Å². The van der Waals surface area contributed by atoms with Crippen molar-refractivity contribution in [3.63, 3.8) is 0 Å². The second kappa shape index (κ2) is 4.86. The lowest BCUT2D eigenvalue weighted by Crippen LogP contribution is -2.66. The summed E-state index contributed by atoms with van der Waals surface area (Å²) in [6.07, 6.45) is 5.52. The molecule has 5 rings (SSSR count). The van der Waals surface area contributed by atoms with E-state index in [1.165, 1.54) is 0 Å². The van der Waals surface area contributed by atoms with Gasteiger partial charge in [0.25, 0.3) is 0 Å². The average molecular weight is 319 g/mol. The molecule has 3 aromatic rings. The van der Waals surface area contributed by atoms with Crippen LogP contribution in [0, 0.1) is 17.3 Å². The van der Waals surface area contributed by atoms with Gasteiger partial charge in [0, 0.05) is 26.3 Å². The van der Waals surface area contributed by atoms with Gasteiger partial charge in [0.2, 0.25) is 0 Å². The summed E-state index contributed by atoms with van der Waals surface area (Å²) in [4.78, 5) is 6.88. The first kappa shape index (κ1) is 13.6. The smallest absolute Gasteiger partial charge is 0.139 e. The fraction of sp³-hybridized carbons (Fsp3) is 0.333. The van der Waals surface area contributed by atoms with Gasteiger partial charge in [-0.25, -0.2) is 4.98 Å². The molecule has 3 aromatic heterocycles. The zero-order chi connectivity index (χ0) is 16.1. The number of fused-ring (bicyclic) bond motifs is 1. The van der Waals surface area contributed by atoms with Crippen LogP contribution >= 0.6 is 0 Å². The van der Waals surface area contributed by atoms with Crippen molar-refractivity contribution in [2.45, 2.75) is 0 Å². The molecular formula is C18H17N5O. The molecule has 0 unspecified atom stereocenters. The molecule has 2 saturated heterocycles. The van der Waals surface area contributed by atoms with Crippen LogP contribution in [0.25, 0.3) is 5.65 Å². The van der Waals surface area contributed by atoms with Gasteiger partial charge < -0.3 is 9.64 Å². The van der Waals surface area contributed by atoms with Crippen molar-refractivity contribution in [2.24, 2.45) is 12.5 Å². The summed E-state index contributed by atoms with van der Waals surface area (Å²) in [6, 6.07) is 6.20. The van der Waals surface area contributed by atoms with E-state index in [0.29, 0.717) is 5.41 Å². The van der Waals surface area contributed by atoms with E-state index in [0.717, 1.165) is 49.0 Å². The fourth-order valence-electron chi connectivity index (χ4n) is 3.48. The molecule has 0 aliphatic carbocycles. The van der Waals surface area contributed by atoms with E-state index in [4.69, 9.17) is 4.74 Å². The van der Waals surface area contributed by atoms with Crippen LogP contribution < -0.4 is 4.90 Å². The van der Waals surface area contributed by atoms with Crippen molar-refractivity contribution >= 4 is 11.5 Å². The van der Waals surface area contributed by atoms with E-state index >= 15 is 0 Å². The number of pyridine rings is 1. The number of hydrogen-bond donors (Lipinski definition) is 0. The summed E-state index contributed by atoms with van der Waals surface area (Å²) < 4.78 is 9.26. The highest BCUT2D eigenvalue weighted by Crippen LogP contribution is 2.40. The molecule has 0 atom stereocenters. The Hall–Kier alpha value is -2.78. The van der Waals surface area contributed by atoms with Crippen molar-refractivity contribution < 1.29 is 4.74 Å². The molecule has 2 aliphatic heterocycles. The van der Waals surface area contributed by atoms with Gasteiger partial charge in [-0.1, -0.05) is 12.0 Å². The zero-order valence-corrected chi connectivity index (χ0v) is 13.4. The minimum atomic E-state index is 0.379. The van der Waals surface area contributed by atoms with Crippen LogP contribution in [-0.2, 0) is 11.8 Å². The van der Waals surface area contributed by atoms with Crippen molar-refractivity contribution in [1.82, 2.24) is 19.2 Å². The summed E-state index contributed by atoms with van der Waals surface area (Å²) in [6.45, 7) is 3.85. The molecular weight excluding hydrogens is 302 g/mol. The quantitative estimate of drug-likeness (QED) is 0.635. The molecule has 0 radical (unpaired) electrons. The number of rotatable bonds is 1. The monoisotopic (exact) mass is 319 g/mol. The molecule has 0 N–H and O–H groups in total. The lowest BCUT2D eigenvalue weighted by molar-refractivity contribution is -0.127. The molecule has 0 amide bonds. The Balaban J connectivity index is 1.52. The first-order chi connectivity index (χ1) is 11.7. The van der Waals surface area contributed by atoms with Gasteiger partial charge in [-0.3, -0.25) is 9.08 Å². The highest BCUT2D eigenvalue weighted by Gasteiger charge is 2.49. The number of nitrogens with zero attached hydrogens (tertiary/aromatic N) is 5. The number of aromatic nitrogens is 4. The van der Waals surface area contributed by atoms with Gasteiger partial charge in [0.1, 0.15) is 17.2 Å². The molecule has 6 heteroatoms. The van der Waals surface area contributed by atoms with Crippen LogP contribution in [0.5, 0.6) is 0 Å². The van der Waals surface area contributed by atoms with Gasteiger partial charge in [0.05, 0.1) is 36.6 Å². The molecule has 2 aliphatic rings. The minimum absolute atomic E-state index is 0.379. The fourth-order valence-corrected chi connectivity index (χ4v) is 3.48. The van der Waals surface area contributed by atoms with Gasteiger partial charge in [0.15, 0.2) is 0 Å². The van der Waals surface area contributed by atoms with Crippen molar-refractivity contribution in [3.8, 4) is 11.8 Å². The maximum Gasteiger partial charge on any atom is 0.139 e. The summed E-state index contributed by atoms with van der Waals surface area (Å²) >= 11 is 0. The third-order valence-electron chi connectivity index (χ3n) is 4.74. The van der Waals surface area contributed by atoms with Crippen molar-refractivity contribution in [1.29, 1.82) is 0 Å². The number of anilines is 1. The topological polar surface area (TPSA) is 47.6 Å². The highest BCUT2D eigenvalue weighted by molar-refractivity contribution is 5.58. The van der Waals surface area contributed by atoms with E-state index < -0.39 is 0 Å². The van der Waals surface area contributed by atoms with E-state index in [2.05, 4.69) is 43.4 Å². The number of ether oxygens (including phenoxy) is 1. The van der Waals surface area contributed by atoms with Crippen LogP contribution in [0.4, 0.5) is 5.82 Å².